The molecule has 28 heavy (non-hydrogen) atoms. The van der Waals surface area contributed by atoms with E-state index in [0.717, 1.165) is 30.6 Å². The molecule has 2 aromatic rings. The maximum Gasteiger partial charge on any atom is 0.410 e. The van der Waals surface area contributed by atoms with Crippen molar-refractivity contribution in [2.45, 2.75) is 32.3 Å². The highest BCUT2D eigenvalue weighted by atomic mass is 16.6. The average molecular weight is 378 g/mol. The molecule has 0 saturated carbocycles. The molecule has 1 heterocycles. The Morgan fingerprint density at radius 2 is 1.75 bits per heavy atom. The van der Waals surface area contributed by atoms with E-state index in [0.29, 0.717) is 19.5 Å². The van der Waals surface area contributed by atoms with Crippen LogP contribution in [0, 0.1) is 16.7 Å². The minimum Gasteiger partial charge on any atom is -0.497 e. The number of likely N-dealkylation sites (tertiary alicyclic amines) is 1. The molecule has 5 nitrogen and oxygen atoms in total. The Bertz CT molecular complexity index is 804. The molecule has 1 amide bonds. The van der Waals surface area contributed by atoms with Gasteiger partial charge in [0.15, 0.2) is 0 Å². The van der Waals surface area contributed by atoms with Gasteiger partial charge in [0.2, 0.25) is 0 Å². The number of amides is 1. The largest absolute Gasteiger partial charge is 0.497 e. The van der Waals surface area contributed by atoms with Crippen molar-refractivity contribution in [2.75, 3.05) is 20.2 Å². The molecule has 146 valence electrons. The van der Waals surface area contributed by atoms with Crippen molar-refractivity contribution in [1.82, 2.24) is 4.90 Å². The van der Waals surface area contributed by atoms with Gasteiger partial charge < -0.3 is 14.4 Å². The van der Waals surface area contributed by atoms with E-state index in [1.165, 1.54) is 5.56 Å². The lowest BCUT2D eigenvalue weighted by Crippen LogP contribution is -2.44. The third kappa shape index (κ3) is 5.04. The summed E-state index contributed by atoms with van der Waals surface area (Å²) in [6.45, 7) is 1.52. The Kier molecular flexibility index (Phi) is 6.54. The molecule has 1 fully saturated rings. The van der Waals surface area contributed by atoms with E-state index in [9.17, 15) is 10.1 Å². The van der Waals surface area contributed by atoms with E-state index in [2.05, 4.69) is 18.2 Å². The minimum atomic E-state index is -0.279. The maximum absolute atomic E-state index is 12.4. The number of nitriles is 1. The Morgan fingerprint density at radius 1 is 1.07 bits per heavy atom. The smallest absolute Gasteiger partial charge is 0.410 e. The highest BCUT2D eigenvalue weighted by molar-refractivity contribution is 5.67. The van der Waals surface area contributed by atoms with Crippen LogP contribution in [0.25, 0.3) is 0 Å². The quantitative estimate of drug-likeness (QED) is 0.739. The minimum absolute atomic E-state index is 0.0977. The lowest BCUT2D eigenvalue weighted by molar-refractivity contribution is 0.0622. The van der Waals surface area contributed by atoms with E-state index in [-0.39, 0.29) is 18.1 Å². The summed E-state index contributed by atoms with van der Waals surface area (Å²) in [5, 5.41) is 9.35. The number of rotatable bonds is 6. The van der Waals surface area contributed by atoms with Crippen LogP contribution in [0.3, 0.4) is 0 Å². The number of hydrogen-bond acceptors (Lipinski definition) is 4. The summed E-state index contributed by atoms with van der Waals surface area (Å²) in [5.41, 5.74) is 2.07. The zero-order valence-electron chi connectivity index (χ0n) is 16.3. The maximum atomic E-state index is 12.4. The molecule has 5 heteroatoms. The summed E-state index contributed by atoms with van der Waals surface area (Å²) in [4.78, 5) is 14.2. The van der Waals surface area contributed by atoms with E-state index in [4.69, 9.17) is 9.47 Å². The standard InChI is InChI=1S/C23H26N2O3/c1-27-21-9-7-19(8-10-21)17-23(11-14-24)12-15-25(16-13-23)22(26)28-18-20-5-3-2-4-6-20/h2-10H,11-13,15-18H2,1H3. The van der Waals surface area contributed by atoms with E-state index in [1.807, 2.05) is 42.5 Å². The molecule has 0 unspecified atom stereocenters. The van der Waals surface area contributed by atoms with Gasteiger partial charge in [-0.1, -0.05) is 42.5 Å². The van der Waals surface area contributed by atoms with Crippen molar-refractivity contribution in [2.24, 2.45) is 5.41 Å². The van der Waals surface area contributed by atoms with Gasteiger partial charge in [0.05, 0.1) is 13.2 Å². The first kappa shape index (κ1) is 19.8. The number of nitrogens with zero attached hydrogens (tertiary/aromatic N) is 2. The zero-order chi connectivity index (χ0) is 19.8. The summed E-state index contributed by atoms with van der Waals surface area (Å²) < 4.78 is 10.7. The van der Waals surface area contributed by atoms with Crippen molar-refractivity contribution < 1.29 is 14.3 Å². The molecule has 0 atom stereocenters. The molecule has 0 aromatic heterocycles. The molecule has 3 rings (SSSR count). The summed E-state index contributed by atoms with van der Waals surface area (Å²) in [6, 6.07) is 20.0. The molecule has 1 saturated heterocycles. The van der Waals surface area contributed by atoms with Gasteiger partial charge in [-0.15, -0.1) is 0 Å². The van der Waals surface area contributed by atoms with E-state index >= 15 is 0 Å². The van der Waals surface area contributed by atoms with Crippen LogP contribution in [0.1, 0.15) is 30.4 Å². The van der Waals surface area contributed by atoms with Gasteiger partial charge in [0.1, 0.15) is 12.4 Å². The predicted molar refractivity (Wildman–Crippen MR) is 107 cm³/mol. The van der Waals surface area contributed by atoms with Crippen molar-refractivity contribution in [3.8, 4) is 11.8 Å². The van der Waals surface area contributed by atoms with Gasteiger partial charge in [0, 0.05) is 19.5 Å². The van der Waals surface area contributed by atoms with Crippen LogP contribution in [0.5, 0.6) is 5.75 Å². The van der Waals surface area contributed by atoms with Crippen LogP contribution in [-0.4, -0.2) is 31.2 Å². The first-order chi connectivity index (χ1) is 13.6. The highest BCUT2D eigenvalue weighted by Crippen LogP contribution is 2.38. The fourth-order valence-corrected chi connectivity index (χ4v) is 3.73. The van der Waals surface area contributed by atoms with Gasteiger partial charge in [0.25, 0.3) is 0 Å². The van der Waals surface area contributed by atoms with Crippen molar-refractivity contribution >= 4 is 6.09 Å². The molecule has 0 bridgehead atoms. The Balaban J connectivity index is 1.56. The predicted octanol–water partition coefficient (Wildman–Crippen LogP) is 4.57. The van der Waals surface area contributed by atoms with Crippen LogP contribution in [0.15, 0.2) is 54.6 Å². The first-order valence-corrected chi connectivity index (χ1v) is 9.60. The fraction of sp³-hybridized carbons (Fsp3) is 0.391. The monoisotopic (exact) mass is 378 g/mol. The van der Waals surface area contributed by atoms with Crippen LogP contribution in [0.2, 0.25) is 0 Å². The summed E-state index contributed by atoms with van der Waals surface area (Å²) in [5.74, 6) is 0.828. The number of piperidine rings is 1. The number of hydrogen-bond donors (Lipinski definition) is 0. The van der Waals surface area contributed by atoms with Gasteiger partial charge in [-0.25, -0.2) is 4.79 Å². The van der Waals surface area contributed by atoms with Crippen molar-refractivity contribution in [3.63, 3.8) is 0 Å². The molecule has 1 aliphatic heterocycles. The molecular weight excluding hydrogens is 352 g/mol. The number of ether oxygens (including phenoxy) is 2. The van der Waals surface area contributed by atoms with Gasteiger partial charge in [-0.05, 0) is 47.9 Å². The zero-order valence-corrected chi connectivity index (χ0v) is 16.3. The Labute approximate surface area is 166 Å². The normalized spacial score (nSPS) is 15.5. The molecular formula is C23H26N2O3. The van der Waals surface area contributed by atoms with Crippen LogP contribution in [0.4, 0.5) is 4.79 Å². The molecule has 0 spiro atoms. The summed E-state index contributed by atoms with van der Waals surface area (Å²) >= 11 is 0. The van der Waals surface area contributed by atoms with Gasteiger partial charge in [-0.3, -0.25) is 0 Å². The molecule has 0 aliphatic carbocycles. The second-order valence-corrected chi connectivity index (χ2v) is 7.39. The topological polar surface area (TPSA) is 62.6 Å². The third-order valence-corrected chi connectivity index (χ3v) is 5.48. The highest BCUT2D eigenvalue weighted by Gasteiger charge is 2.36. The lowest BCUT2D eigenvalue weighted by atomic mass is 9.72. The van der Waals surface area contributed by atoms with Crippen LogP contribution >= 0.6 is 0 Å². The van der Waals surface area contributed by atoms with Crippen molar-refractivity contribution in [1.29, 1.82) is 5.26 Å². The van der Waals surface area contributed by atoms with Crippen molar-refractivity contribution in [3.05, 3.63) is 65.7 Å². The Morgan fingerprint density at radius 3 is 2.36 bits per heavy atom. The average Bonchev–Trinajstić information content (AvgIpc) is 2.74. The van der Waals surface area contributed by atoms with Crippen LogP contribution < -0.4 is 4.74 Å². The Hall–Kier alpha value is -3.00. The second-order valence-electron chi connectivity index (χ2n) is 7.39. The number of benzene rings is 2. The first-order valence-electron chi connectivity index (χ1n) is 9.60. The van der Waals surface area contributed by atoms with E-state index < -0.39 is 0 Å². The molecule has 0 radical (unpaired) electrons. The molecule has 2 aromatic carbocycles. The van der Waals surface area contributed by atoms with E-state index in [1.54, 1.807) is 12.0 Å². The van der Waals surface area contributed by atoms with Gasteiger partial charge >= 0.3 is 6.09 Å². The third-order valence-electron chi connectivity index (χ3n) is 5.48. The van der Waals surface area contributed by atoms with Crippen LogP contribution in [-0.2, 0) is 17.8 Å². The van der Waals surface area contributed by atoms with Gasteiger partial charge in [-0.2, -0.15) is 5.26 Å². The summed E-state index contributed by atoms with van der Waals surface area (Å²) in [7, 11) is 1.65. The summed E-state index contributed by atoms with van der Waals surface area (Å²) in [6.07, 6.45) is 2.64. The number of carbonyl (C=O) groups is 1. The SMILES string of the molecule is COc1ccc(CC2(CC#N)CCN(C(=O)OCc3ccccc3)CC2)cc1. The second kappa shape index (κ2) is 9.27. The lowest BCUT2D eigenvalue weighted by Gasteiger charge is -2.40. The molecule has 1 aliphatic rings. The molecule has 0 N–H and O–H groups in total. The fourth-order valence-electron chi connectivity index (χ4n) is 3.73. The number of carbonyl (C=O) groups excluding carboxylic acids is 1. The number of methoxy groups -OCH3 is 1.